The molecule has 14 nitrogen and oxygen atoms in total. The summed E-state index contributed by atoms with van der Waals surface area (Å²) in [7, 11) is 36.2. The number of hydrazine groups is 1. The minimum atomic E-state index is 0. The van der Waals surface area contributed by atoms with Gasteiger partial charge in [0.05, 0.1) is 191 Å². The third kappa shape index (κ3) is 47.2. The average Bonchev–Trinajstić information content (AvgIpc) is 3.19. The molecule has 432 valence electrons. The summed E-state index contributed by atoms with van der Waals surface area (Å²) >= 11 is 0. The van der Waals surface area contributed by atoms with Crippen molar-refractivity contribution in [1.82, 2.24) is 32.3 Å². The van der Waals surface area contributed by atoms with Gasteiger partial charge in [-0.25, -0.2) is 10.0 Å². The fourth-order valence-corrected chi connectivity index (χ4v) is 9.41. The minimum absolute atomic E-state index is 0. The van der Waals surface area contributed by atoms with E-state index in [4.69, 9.17) is 0 Å². The highest BCUT2D eigenvalue weighted by Gasteiger charge is 2.22. The Morgan fingerprint density at radius 1 is 0.243 bits per heavy atom. The Balaban J connectivity index is -0.000000165. The summed E-state index contributed by atoms with van der Waals surface area (Å²) in [6.45, 7) is 22.7. The van der Waals surface area contributed by atoms with Crippen LogP contribution in [-0.4, -0.2) is 267 Å². The number of piperidine rings is 4. The van der Waals surface area contributed by atoms with Crippen molar-refractivity contribution in [3.8, 4) is 0 Å². The molecule has 14 heteroatoms. The van der Waals surface area contributed by atoms with Crippen LogP contribution in [0, 0.1) is 0 Å². The molecule has 8 rings (SSSR count). The van der Waals surface area contributed by atoms with Crippen molar-refractivity contribution in [2.45, 2.75) is 147 Å². The number of quaternary nitrogens is 8. The lowest BCUT2D eigenvalue weighted by Crippen LogP contribution is -2.62. The summed E-state index contributed by atoms with van der Waals surface area (Å²) < 4.78 is 9.06. The molecule has 8 saturated heterocycles. The van der Waals surface area contributed by atoms with Gasteiger partial charge >= 0.3 is 0 Å². The molecule has 8 heterocycles. The van der Waals surface area contributed by atoms with Crippen LogP contribution < -0.4 is 32.3 Å². The van der Waals surface area contributed by atoms with Crippen molar-refractivity contribution < 1.29 is 36.1 Å². The van der Waals surface area contributed by atoms with Gasteiger partial charge in [0.2, 0.25) is 0 Å². The summed E-state index contributed by atoms with van der Waals surface area (Å²) in [5.41, 5.74) is 9.64. The second-order valence-corrected chi connectivity index (χ2v) is 25.7. The Labute approximate surface area is 445 Å². The van der Waals surface area contributed by atoms with Crippen molar-refractivity contribution in [3.63, 3.8) is 0 Å². The molecule has 8 fully saturated rings. The van der Waals surface area contributed by atoms with E-state index in [-0.39, 0.29) is 44.6 Å². The molecule has 6 N–H and O–H groups in total. The molecule has 0 atom stereocenters. The molecule has 0 spiro atoms. The predicted molar refractivity (Wildman–Crippen MR) is 318 cm³/mol. The van der Waals surface area contributed by atoms with Crippen molar-refractivity contribution in [2.75, 3.05) is 231 Å². The number of rotatable bonds is 0. The molecule has 0 aromatic carbocycles. The standard InChI is InChI=1S/4C7H16N.2C6H15N2.2C5H14N3.6CH4/c4*1-8(2)6-4-3-5-7-8;1-8(2)5-3-4-7-6-8;1-8(2)6-4-3-5-7-8;1-8(2)4-6-3-7-5-8;1-8(2)5-3-4-6-7-8;;;;;;/h4*3-7H2,1-2H3;2*7H,3-6H2,1-2H3;2*6-7H,3-5H2,1-2H3;6*1H4/q8*+1;;;;;;. The number of hydrogen-bond acceptors (Lipinski definition) is 6. The first-order chi connectivity index (χ1) is 29.7. The maximum Gasteiger partial charge on any atom is 0.134 e. The molecule has 0 radical (unpaired) electrons. The highest BCUT2D eigenvalue weighted by Crippen LogP contribution is 2.14. The van der Waals surface area contributed by atoms with Gasteiger partial charge < -0.3 is 26.9 Å². The van der Waals surface area contributed by atoms with E-state index in [1.165, 1.54) is 206 Å². The third-order valence-electron chi connectivity index (χ3n) is 14.2. The van der Waals surface area contributed by atoms with E-state index in [2.05, 4.69) is 145 Å². The van der Waals surface area contributed by atoms with Crippen LogP contribution in [0.5, 0.6) is 0 Å². The fourth-order valence-electron chi connectivity index (χ4n) is 9.41. The quantitative estimate of drug-likeness (QED) is 0.140. The van der Waals surface area contributed by atoms with E-state index >= 15 is 0 Å². The van der Waals surface area contributed by atoms with Gasteiger partial charge in [-0.2, -0.15) is 5.43 Å². The first-order valence-electron chi connectivity index (χ1n) is 26.6. The minimum Gasteiger partial charge on any atom is -0.328 e. The van der Waals surface area contributed by atoms with Gasteiger partial charge in [0, 0.05) is 32.5 Å². The fraction of sp³-hybridized carbons (Fsp3) is 1.00. The van der Waals surface area contributed by atoms with Crippen molar-refractivity contribution in [2.24, 2.45) is 0 Å². The van der Waals surface area contributed by atoms with Crippen LogP contribution in [0.4, 0.5) is 0 Å². The first kappa shape index (κ1) is 80.8. The topological polar surface area (TPSA) is 72.2 Å². The van der Waals surface area contributed by atoms with Crippen molar-refractivity contribution in [1.29, 1.82) is 0 Å². The molecule has 0 aliphatic carbocycles. The highest BCUT2D eigenvalue weighted by atomic mass is 15.8. The van der Waals surface area contributed by atoms with Crippen LogP contribution in [0.25, 0.3) is 0 Å². The van der Waals surface area contributed by atoms with Gasteiger partial charge in [-0.1, -0.05) is 50.1 Å². The Kier molecular flexibility index (Phi) is 47.0. The Morgan fingerprint density at radius 3 is 0.686 bits per heavy atom. The first-order valence-corrected chi connectivity index (χ1v) is 26.6. The van der Waals surface area contributed by atoms with Crippen LogP contribution >= 0.6 is 0 Å². The van der Waals surface area contributed by atoms with Crippen LogP contribution in [0.1, 0.15) is 147 Å². The normalized spacial score (nSPS) is 25.4. The maximum atomic E-state index is 3.40. The van der Waals surface area contributed by atoms with Gasteiger partial charge in [0.15, 0.2) is 0 Å². The van der Waals surface area contributed by atoms with Gasteiger partial charge in [-0.05, 0) is 89.9 Å². The molecule has 8 aliphatic heterocycles. The monoisotopic (exact) mass is 1020 g/mol. The highest BCUT2D eigenvalue weighted by molar-refractivity contribution is 4.51. The molecule has 0 bridgehead atoms. The molecule has 0 amide bonds. The Morgan fingerprint density at radius 2 is 0.543 bits per heavy atom. The zero-order chi connectivity index (χ0) is 48.3. The average molecular weight is 1020 g/mol. The molecule has 0 saturated carbocycles. The Bertz CT molecular complexity index is 827. The largest absolute Gasteiger partial charge is 0.328 e. The molecule has 8 aliphatic rings. The van der Waals surface area contributed by atoms with Crippen LogP contribution in [0.3, 0.4) is 0 Å². The van der Waals surface area contributed by atoms with E-state index in [1.807, 2.05) is 0 Å². The van der Waals surface area contributed by atoms with Gasteiger partial charge in [-0.3, -0.25) is 20.5 Å². The van der Waals surface area contributed by atoms with E-state index in [1.54, 1.807) is 0 Å². The predicted octanol–water partition coefficient (Wildman–Crippen LogP) is 7.78. The van der Waals surface area contributed by atoms with Gasteiger partial charge in [0.1, 0.15) is 20.0 Å². The van der Waals surface area contributed by atoms with Crippen LogP contribution in [0.15, 0.2) is 0 Å². The van der Waals surface area contributed by atoms with Gasteiger partial charge in [0.25, 0.3) is 0 Å². The SMILES string of the molecule is C.C.C.C.C.C.C[N+]1(C)CCCCC1.C[N+]1(C)CCCCC1.C[N+]1(C)CCCCC1.C[N+]1(C)CCCCC1.C[N+]1(C)CCCCN1.C[N+]1(C)CCCNC1.C[N+]1(C)CCCNN1.C[N+]1(C)CNCNC1. The summed E-state index contributed by atoms with van der Waals surface area (Å²) in [6, 6.07) is 0. The smallest absolute Gasteiger partial charge is 0.134 e. The summed E-state index contributed by atoms with van der Waals surface area (Å²) in [4.78, 5) is 0. The molecule has 70 heavy (non-hydrogen) atoms. The zero-order valence-electron chi connectivity index (χ0n) is 46.6. The van der Waals surface area contributed by atoms with Crippen LogP contribution in [0.2, 0.25) is 0 Å². The lowest BCUT2D eigenvalue weighted by atomic mass is 10.1. The number of likely N-dealkylation sites (tertiary alicyclic amines) is 4. The summed E-state index contributed by atoms with van der Waals surface area (Å²) in [5, 5.41) is 9.82. The lowest BCUT2D eigenvalue weighted by Gasteiger charge is -2.33. The molecular weight excluding hydrogens is 869 g/mol. The van der Waals surface area contributed by atoms with Crippen molar-refractivity contribution in [3.05, 3.63) is 0 Å². The van der Waals surface area contributed by atoms with Crippen LogP contribution in [-0.2, 0) is 0 Å². The second kappa shape index (κ2) is 40.7. The number of nitrogens with one attached hydrogen (secondary N) is 6. The second-order valence-electron chi connectivity index (χ2n) is 25.7. The van der Waals surface area contributed by atoms with E-state index < -0.39 is 0 Å². The lowest BCUT2D eigenvalue weighted by molar-refractivity contribution is -0.944. The zero-order valence-corrected chi connectivity index (χ0v) is 46.6. The molecule has 0 unspecified atom stereocenters. The van der Waals surface area contributed by atoms with E-state index in [0.717, 1.165) is 51.4 Å². The Hall–Kier alpha value is -0.560. The summed E-state index contributed by atoms with van der Waals surface area (Å²) in [6.07, 6.45) is 22.7. The molecule has 0 aromatic heterocycles. The maximum absolute atomic E-state index is 3.40. The van der Waals surface area contributed by atoms with Gasteiger partial charge in [-0.15, -0.1) is 0 Å². The van der Waals surface area contributed by atoms with E-state index in [0.29, 0.717) is 0 Å². The third-order valence-corrected chi connectivity index (χ3v) is 14.2. The summed E-state index contributed by atoms with van der Waals surface area (Å²) in [5.74, 6) is 0. The number of nitrogens with zero attached hydrogens (tertiary/aromatic N) is 8. The molecular formula is C56H146N14+8. The molecule has 0 aromatic rings. The van der Waals surface area contributed by atoms with E-state index in [9.17, 15) is 0 Å². The number of hydrogen-bond donors (Lipinski definition) is 6. The van der Waals surface area contributed by atoms with Crippen molar-refractivity contribution >= 4 is 0 Å².